The third kappa shape index (κ3) is 9.01. The molecule has 236 valence electrons. The van der Waals surface area contributed by atoms with Gasteiger partial charge in [0.25, 0.3) is 10.0 Å². The Morgan fingerprint density at radius 3 is 1.96 bits per heavy atom. The van der Waals surface area contributed by atoms with Gasteiger partial charge in [-0.2, -0.15) is 0 Å². The highest BCUT2D eigenvalue weighted by Gasteiger charge is 2.34. The molecule has 0 saturated carbocycles. The molecule has 0 spiro atoms. The molecule has 1 N–H and O–H groups in total. The van der Waals surface area contributed by atoms with E-state index in [0.717, 1.165) is 21.0 Å². The molecular weight excluding hydrogens is 589 g/mol. The topological polar surface area (TPSA) is 86.8 Å². The van der Waals surface area contributed by atoms with Crippen LogP contribution in [0.5, 0.6) is 0 Å². The number of nitrogens with zero attached hydrogens (tertiary/aromatic N) is 2. The minimum Gasteiger partial charge on any atom is -0.354 e. The first-order valence-corrected chi connectivity index (χ1v) is 16.4. The number of sulfonamides is 1. The van der Waals surface area contributed by atoms with E-state index in [2.05, 4.69) is 5.32 Å². The summed E-state index contributed by atoms with van der Waals surface area (Å²) in [6, 6.07) is 27.4. The standard InChI is InChI=1S/C36H40FN3O4S/c1-26(2)23-38-36(42)34(22-29-11-7-5-8-12-29)39(24-30-15-17-31(37)18-16-30)35(41)25-40(32-20-27(3)19-28(4)21-32)45(43,44)33-13-9-6-10-14-33/h5-21,26,34H,22-25H2,1-4H3,(H,38,42)/t34-/m1/s1. The van der Waals surface area contributed by atoms with Crippen molar-refractivity contribution in [1.82, 2.24) is 10.2 Å². The van der Waals surface area contributed by atoms with Crippen LogP contribution in [0.4, 0.5) is 10.1 Å². The van der Waals surface area contributed by atoms with Crippen LogP contribution in [0.15, 0.2) is 108 Å². The monoisotopic (exact) mass is 629 g/mol. The van der Waals surface area contributed by atoms with Gasteiger partial charge < -0.3 is 10.2 Å². The molecule has 0 aromatic heterocycles. The lowest BCUT2D eigenvalue weighted by molar-refractivity contribution is -0.140. The molecule has 0 bridgehead atoms. The molecule has 0 aliphatic carbocycles. The normalized spacial score (nSPS) is 12.0. The van der Waals surface area contributed by atoms with Crippen molar-refractivity contribution in [1.29, 1.82) is 0 Å². The van der Waals surface area contributed by atoms with E-state index in [1.54, 1.807) is 42.5 Å². The molecule has 0 heterocycles. The van der Waals surface area contributed by atoms with Crippen molar-refractivity contribution < 1.29 is 22.4 Å². The van der Waals surface area contributed by atoms with Crippen molar-refractivity contribution in [2.75, 3.05) is 17.4 Å². The summed E-state index contributed by atoms with van der Waals surface area (Å²) < 4.78 is 43.2. The van der Waals surface area contributed by atoms with E-state index in [9.17, 15) is 22.4 Å². The van der Waals surface area contributed by atoms with Crippen LogP contribution in [-0.4, -0.2) is 44.3 Å². The third-order valence-electron chi connectivity index (χ3n) is 7.33. The Morgan fingerprint density at radius 1 is 0.800 bits per heavy atom. The number of halogens is 1. The van der Waals surface area contributed by atoms with Gasteiger partial charge in [0.2, 0.25) is 11.8 Å². The van der Waals surface area contributed by atoms with E-state index < -0.39 is 34.3 Å². The summed E-state index contributed by atoms with van der Waals surface area (Å²) in [5.74, 6) is -1.18. The summed E-state index contributed by atoms with van der Waals surface area (Å²) in [7, 11) is -4.19. The summed E-state index contributed by atoms with van der Waals surface area (Å²) in [5, 5.41) is 2.96. The summed E-state index contributed by atoms with van der Waals surface area (Å²) in [6.45, 7) is 7.50. The molecule has 4 aromatic carbocycles. The molecule has 0 aliphatic heterocycles. The van der Waals surface area contributed by atoms with E-state index in [4.69, 9.17) is 0 Å². The van der Waals surface area contributed by atoms with Crippen LogP contribution in [0.2, 0.25) is 0 Å². The molecule has 9 heteroatoms. The number of hydrogen-bond acceptors (Lipinski definition) is 4. The zero-order chi connectivity index (χ0) is 32.6. The molecule has 4 rings (SSSR count). The van der Waals surface area contributed by atoms with Crippen LogP contribution >= 0.6 is 0 Å². The van der Waals surface area contributed by atoms with Crippen molar-refractivity contribution in [2.45, 2.75) is 51.6 Å². The minimum atomic E-state index is -4.19. The summed E-state index contributed by atoms with van der Waals surface area (Å²) in [6.07, 6.45) is 0.201. The maximum absolute atomic E-state index is 14.5. The second-order valence-corrected chi connectivity index (χ2v) is 13.5. The van der Waals surface area contributed by atoms with E-state index >= 15 is 0 Å². The Hall–Kier alpha value is -4.50. The Balaban J connectivity index is 1.81. The number of anilines is 1. The quantitative estimate of drug-likeness (QED) is 0.195. The molecule has 7 nitrogen and oxygen atoms in total. The number of benzene rings is 4. The van der Waals surface area contributed by atoms with Crippen LogP contribution in [0.3, 0.4) is 0 Å². The van der Waals surface area contributed by atoms with Gasteiger partial charge in [0.05, 0.1) is 10.6 Å². The van der Waals surface area contributed by atoms with Gasteiger partial charge in [-0.15, -0.1) is 0 Å². The molecule has 0 radical (unpaired) electrons. The highest BCUT2D eigenvalue weighted by molar-refractivity contribution is 7.92. The second-order valence-electron chi connectivity index (χ2n) is 11.7. The maximum atomic E-state index is 14.5. The van der Waals surface area contributed by atoms with Crippen molar-refractivity contribution in [3.05, 3.63) is 131 Å². The first-order chi connectivity index (χ1) is 21.4. The van der Waals surface area contributed by atoms with Crippen LogP contribution in [0.1, 0.15) is 36.1 Å². The predicted octanol–water partition coefficient (Wildman–Crippen LogP) is 6.05. The van der Waals surface area contributed by atoms with Crippen LogP contribution in [0.25, 0.3) is 0 Å². The lowest BCUT2D eigenvalue weighted by Crippen LogP contribution is -2.53. The fraction of sp³-hybridized carbons (Fsp3) is 0.278. The number of carbonyl (C=O) groups is 2. The van der Waals surface area contributed by atoms with E-state index in [1.165, 1.54) is 29.2 Å². The minimum absolute atomic E-state index is 0.0300. The first kappa shape index (κ1) is 33.4. The van der Waals surface area contributed by atoms with Gasteiger partial charge in [0, 0.05) is 19.5 Å². The van der Waals surface area contributed by atoms with Crippen LogP contribution < -0.4 is 9.62 Å². The van der Waals surface area contributed by atoms with Gasteiger partial charge in [-0.25, -0.2) is 12.8 Å². The van der Waals surface area contributed by atoms with Gasteiger partial charge in [-0.3, -0.25) is 13.9 Å². The summed E-state index contributed by atoms with van der Waals surface area (Å²) in [5.41, 5.74) is 3.45. The number of aryl methyl sites for hydroxylation is 2. The average molecular weight is 630 g/mol. The number of rotatable bonds is 13. The van der Waals surface area contributed by atoms with Crippen molar-refractivity contribution in [2.24, 2.45) is 5.92 Å². The molecular formula is C36H40FN3O4S. The lowest BCUT2D eigenvalue weighted by atomic mass is 10.0. The molecule has 45 heavy (non-hydrogen) atoms. The smallest absolute Gasteiger partial charge is 0.264 e. The average Bonchev–Trinajstić information content (AvgIpc) is 3.01. The van der Waals surface area contributed by atoms with Crippen molar-refractivity contribution >= 4 is 27.5 Å². The fourth-order valence-electron chi connectivity index (χ4n) is 5.11. The molecule has 2 amide bonds. The molecule has 0 aliphatic rings. The van der Waals surface area contributed by atoms with Gasteiger partial charge >= 0.3 is 0 Å². The highest BCUT2D eigenvalue weighted by Crippen LogP contribution is 2.27. The Kier molecular flexibility index (Phi) is 11.1. The molecule has 0 saturated heterocycles. The number of amides is 2. The van der Waals surface area contributed by atoms with Crippen molar-refractivity contribution in [3.63, 3.8) is 0 Å². The van der Waals surface area contributed by atoms with Crippen LogP contribution in [-0.2, 0) is 32.6 Å². The number of carbonyl (C=O) groups excluding carboxylic acids is 2. The van der Waals surface area contributed by atoms with Crippen LogP contribution in [0, 0.1) is 25.6 Å². The highest BCUT2D eigenvalue weighted by atomic mass is 32.2. The molecule has 4 aromatic rings. The Bertz CT molecular complexity index is 1680. The number of nitrogens with one attached hydrogen (secondary N) is 1. The fourth-order valence-corrected chi connectivity index (χ4v) is 6.52. The molecule has 1 atom stereocenters. The zero-order valence-corrected chi connectivity index (χ0v) is 26.9. The molecule has 0 fully saturated rings. The molecule has 0 unspecified atom stereocenters. The largest absolute Gasteiger partial charge is 0.354 e. The summed E-state index contributed by atoms with van der Waals surface area (Å²) in [4.78, 5) is 29.7. The zero-order valence-electron chi connectivity index (χ0n) is 26.1. The lowest BCUT2D eigenvalue weighted by Gasteiger charge is -2.34. The maximum Gasteiger partial charge on any atom is 0.264 e. The predicted molar refractivity (Wildman–Crippen MR) is 176 cm³/mol. The van der Waals surface area contributed by atoms with E-state index in [-0.39, 0.29) is 29.7 Å². The van der Waals surface area contributed by atoms with Gasteiger partial charge in [-0.1, -0.05) is 80.6 Å². The van der Waals surface area contributed by atoms with E-state index in [1.807, 2.05) is 64.1 Å². The SMILES string of the molecule is Cc1cc(C)cc(N(CC(=O)N(Cc2ccc(F)cc2)[C@H](Cc2ccccc2)C(=O)NCC(C)C)S(=O)(=O)c2ccccc2)c1. The van der Waals surface area contributed by atoms with Gasteiger partial charge in [0.15, 0.2) is 0 Å². The van der Waals surface area contributed by atoms with Crippen molar-refractivity contribution in [3.8, 4) is 0 Å². The number of hydrogen-bond donors (Lipinski definition) is 1. The third-order valence-corrected chi connectivity index (χ3v) is 9.11. The van der Waals surface area contributed by atoms with E-state index in [0.29, 0.717) is 17.8 Å². The summed E-state index contributed by atoms with van der Waals surface area (Å²) >= 11 is 0. The Morgan fingerprint density at radius 2 is 1.38 bits per heavy atom. The Labute approximate surface area is 265 Å². The first-order valence-electron chi connectivity index (χ1n) is 15.0. The van der Waals surface area contributed by atoms with Gasteiger partial charge in [-0.05, 0) is 78.4 Å². The second kappa shape index (κ2) is 15.0. The van der Waals surface area contributed by atoms with Gasteiger partial charge in [0.1, 0.15) is 18.4 Å².